The Morgan fingerprint density at radius 3 is 2.50 bits per heavy atom. The molecule has 0 unspecified atom stereocenters. The van der Waals surface area contributed by atoms with E-state index in [1.807, 2.05) is 45.0 Å². The third kappa shape index (κ3) is 7.02. The van der Waals surface area contributed by atoms with Crippen LogP contribution in [0.4, 0.5) is 15.3 Å². The maximum atomic E-state index is 12.2. The van der Waals surface area contributed by atoms with Crippen molar-refractivity contribution in [2.75, 3.05) is 18.4 Å². The lowest BCUT2D eigenvalue weighted by Gasteiger charge is -2.33. The van der Waals surface area contributed by atoms with Crippen LogP contribution in [-0.4, -0.2) is 40.8 Å². The Labute approximate surface area is 181 Å². The number of anilines is 1. The number of hydrogen-bond donors (Lipinski definition) is 1. The average Bonchev–Trinajstić information content (AvgIpc) is 3.21. The number of carbonyl (C=O) groups excluding carboxylic acids is 2. The second-order valence-corrected chi connectivity index (χ2v) is 9.45. The highest BCUT2D eigenvalue weighted by Crippen LogP contribution is 2.24. The number of amides is 2. The van der Waals surface area contributed by atoms with Gasteiger partial charge in [-0.05, 0) is 63.6 Å². The standard InChI is InChI=1S/C22H29N3O4S/c1-22(2,3)29-21(27)25-10-8-17(9-11-25)12-16-4-6-18(7-5-16)24-20(26)28-14-19-13-23-15-30-19/h4-7,13,15,17H,8-12,14H2,1-3H3,(H,24,26). The fourth-order valence-corrected chi connectivity index (χ4v) is 3.81. The van der Waals surface area contributed by atoms with Gasteiger partial charge in [-0.25, -0.2) is 9.59 Å². The maximum Gasteiger partial charge on any atom is 0.411 e. The van der Waals surface area contributed by atoms with Crippen molar-refractivity contribution in [1.29, 1.82) is 0 Å². The first-order chi connectivity index (χ1) is 14.3. The zero-order valence-corrected chi connectivity index (χ0v) is 18.5. The zero-order valence-electron chi connectivity index (χ0n) is 17.7. The molecule has 1 aromatic heterocycles. The van der Waals surface area contributed by atoms with Crippen LogP contribution in [0.25, 0.3) is 0 Å². The third-order valence-electron chi connectivity index (χ3n) is 4.82. The lowest BCUT2D eigenvalue weighted by atomic mass is 9.90. The molecule has 0 radical (unpaired) electrons. The van der Waals surface area contributed by atoms with Crippen LogP contribution >= 0.6 is 11.3 Å². The molecule has 3 rings (SSSR count). The van der Waals surface area contributed by atoms with Crippen LogP contribution in [0, 0.1) is 5.92 Å². The number of carbonyl (C=O) groups is 2. The van der Waals surface area contributed by atoms with Gasteiger partial charge in [0.1, 0.15) is 12.2 Å². The van der Waals surface area contributed by atoms with Crippen LogP contribution in [0.1, 0.15) is 44.1 Å². The topological polar surface area (TPSA) is 80.8 Å². The summed E-state index contributed by atoms with van der Waals surface area (Å²) >= 11 is 1.45. The Kier molecular flexibility index (Phi) is 7.31. The van der Waals surface area contributed by atoms with Gasteiger partial charge in [0, 0.05) is 25.0 Å². The maximum absolute atomic E-state index is 12.2. The quantitative estimate of drug-likeness (QED) is 0.714. The molecule has 1 aliphatic heterocycles. The number of aromatic nitrogens is 1. The molecule has 0 spiro atoms. The van der Waals surface area contributed by atoms with Crippen molar-refractivity contribution in [1.82, 2.24) is 9.88 Å². The monoisotopic (exact) mass is 431 g/mol. The molecule has 0 saturated carbocycles. The predicted octanol–water partition coefficient (Wildman–Crippen LogP) is 5.08. The Morgan fingerprint density at radius 1 is 1.20 bits per heavy atom. The van der Waals surface area contributed by atoms with E-state index in [1.54, 1.807) is 16.6 Å². The van der Waals surface area contributed by atoms with Crippen LogP contribution in [0.2, 0.25) is 0 Å². The summed E-state index contributed by atoms with van der Waals surface area (Å²) < 4.78 is 10.6. The number of hydrogen-bond acceptors (Lipinski definition) is 6. The van der Waals surface area contributed by atoms with E-state index in [0.717, 1.165) is 37.2 Å². The van der Waals surface area contributed by atoms with Crippen molar-refractivity contribution >= 4 is 29.2 Å². The zero-order chi connectivity index (χ0) is 21.6. The van der Waals surface area contributed by atoms with Gasteiger partial charge in [-0.2, -0.15) is 0 Å². The first-order valence-corrected chi connectivity index (χ1v) is 11.0. The van der Waals surface area contributed by atoms with Crippen LogP contribution in [0.15, 0.2) is 36.0 Å². The summed E-state index contributed by atoms with van der Waals surface area (Å²) in [5, 5.41) is 2.74. The molecule has 8 heteroatoms. The largest absolute Gasteiger partial charge is 0.444 e. The Hall–Kier alpha value is -2.61. The highest BCUT2D eigenvalue weighted by atomic mass is 32.1. The fourth-order valence-electron chi connectivity index (χ4n) is 3.31. The summed E-state index contributed by atoms with van der Waals surface area (Å²) in [5.41, 5.74) is 3.16. The molecule has 2 heterocycles. The predicted molar refractivity (Wildman–Crippen MR) is 117 cm³/mol. The van der Waals surface area contributed by atoms with E-state index in [-0.39, 0.29) is 12.7 Å². The highest BCUT2D eigenvalue weighted by Gasteiger charge is 2.26. The molecule has 1 saturated heterocycles. The molecule has 1 fully saturated rings. The molecule has 1 N–H and O–H groups in total. The molecule has 0 bridgehead atoms. The Morgan fingerprint density at radius 2 is 1.90 bits per heavy atom. The lowest BCUT2D eigenvalue weighted by molar-refractivity contribution is 0.0184. The molecule has 0 aliphatic carbocycles. The van der Waals surface area contributed by atoms with Crippen LogP contribution < -0.4 is 5.32 Å². The minimum Gasteiger partial charge on any atom is -0.444 e. The molecular formula is C22H29N3O4S. The summed E-state index contributed by atoms with van der Waals surface area (Å²) in [6.07, 6.45) is 3.86. The third-order valence-corrected chi connectivity index (χ3v) is 5.57. The van der Waals surface area contributed by atoms with Crippen molar-refractivity contribution in [3.63, 3.8) is 0 Å². The van der Waals surface area contributed by atoms with Crippen LogP contribution in [0.3, 0.4) is 0 Å². The van der Waals surface area contributed by atoms with E-state index in [2.05, 4.69) is 10.3 Å². The minimum atomic E-state index is -0.481. The summed E-state index contributed by atoms with van der Waals surface area (Å²) in [6.45, 7) is 7.33. The molecule has 2 aromatic rings. The van der Waals surface area contributed by atoms with Gasteiger partial charge in [-0.1, -0.05) is 12.1 Å². The second-order valence-electron chi connectivity index (χ2n) is 8.48. The number of benzene rings is 1. The van der Waals surface area contributed by atoms with Crippen molar-refractivity contribution in [2.45, 2.75) is 52.2 Å². The van der Waals surface area contributed by atoms with Gasteiger partial charge >= 0.3 is 12.2 Å². The van der Waals surface area contributed by atoms with Gasteiger partial charge in [0.25, 0.3) is 0 Å². The van der Waals surface area contributed by atoms with Gasteiger partial charge < -0.3 is 14.4 Å². The smallest absolute Gasteiger partial charge is 0.411 e. The first-order valence-electron chi connectivity index (χ1n) is 10.2. The molecule has 7 nitrogen and oxygen atoms in total. The Bertz CT molecular complexity index is 823. The summed E-state index contributed by atoms with van der Waals surface area (Å²) in [6, 6.07) is 7.83. The van der Waals surface area contributed by atoms with Crippen LogP contribution in [-0.2, 0) is 22.5 Å². The molecule has 0 atom stereocenters. The Balaban J connectivity index is 1.40. The summed E-state index contributed by atoms with van der Waals surface area (Å²) in [4.78, 5) is 30.7. The van der Waals surface area contributed by atoms with Crippen molar-refractivity contribution in [3.05, 3.63) is 46.4 Å². The van der Waals surface area contributed by atoms with Gasteiger partial charge in [0.05, 0.1) is 10.4 Å². The number of thiazole rings is 1. The molecule has 30 heavy (non-hydrogen) atoms. The molecule has 2 amide bonds. The van der Waals surface area contributed by atoms with Gasteiger partial charge in [0.2, 0.25) is 0 Å². The number of likely N-dealkylation sites (tertiary alicyclic amines) is 1. The van der Waals surface area contributed by atoms with Gasteiger partial charge in [-0.3, -0.25) is 10.3 Å². The molecule has 1 aromatic carbocycles. The van der Waals surface area contributed by atoms with E-state index in [0.29, 0.717) is 11.6 Å². The minimum absolute atomic E-state index is 0.219. The lowest BCUT2D eigenvalue weighted by Crippen LogP contribution is -2.42. The fraction of sp³-hybridized carbons (Fsp3) is 0.500. The molecule has 1 aliphatic rings. The normalized spacial score (nSPS) is 15.0. The van der Waals surface area contributed by atoms with Gasteiger partial charge in [0.15, 0.2) is 0 Å². The SMILES string of the molecule is CC(C)(C)OC(=O)N1CCC(Cc2ccc(NC(=O)OCc3cncs3)cc2)CC1. The average molecular weight is 432 g/mol. The number of nitrogens with one attached hydrogen (secondary N) is 1. The number of nitrogens with zero attached hydrogens (tertiary/aromatic N) is 2. The second kappa shape index (κ2) is 9.93. The van der Waals surface area contributed by atoms with E-state index < -0.39 is 11.7 Å². The summed E-state index contributed by atoms with van der Waals surface area (Å²) in [5.74, 6) is 0.534. The summed E-state index contributed by atoms with van der Waals surface area (Å²) in [7, 11) is 0. The number of ether oxygens (including phenoxy) is 2. The molecular weight excluding hydrogens is 402 g/mol. The number of rotatable bonds is 5. The first kappa shape index (κ1) is 22.1. The van der Waals surface area contributed by atoms with Crippen molar-refractivity contribution in [3.8, 4) is 0 Å². The highest BCUT2D eigenvalue weighted by molar-refractivity contribution is 7.09. The van der Waals surface area contributed by atoms with E-state index in [4.69, 9.17) is 9.47 Å². The van der Waals surface area contributed by atoms with E-state index >= 15 is 0 Å². The van der Waals surface area contributed by atoms with Gasteiger partial charge in [-0.15, -0.1) is 11.3 Å². The van der Waals surface area contributed by atoms with E-state index in [9.17, 15) is 9.59 Å². The van der Waals surface area contributed by atoms with Crippen molar-refractivity contribution < 1.29 is 19.1 Å². The molecule has 162 valence electrons. The van der Waals surface area contributed by atoms with Crippen LogP contribution in [0.5, 0.6) is 0 Å². The van der Waals surface area contributed by atoms with E-state index in [1.165, 1.54) is 16.9 Å². The van der Waals surface area contributed by atoms with Crippen molar-refractivity contribution in [2.24, 2.45) is 5.92 Å². The number of piperidine rings is 1.